The average molecular weight is 462 g/mol. The Morgan fingerprint density at radius 3 is 2.67 bits per heavy atom. The van der Waals surface area contributed by atoms with Crippen molar-refractivity contribution in [2.24, 2.45) is 0 Å². The smallest absolute Gasteiger partial charge is 0.329 e. The number of hydrogen-bond acceptors (Lipinski definition) is 5. The number of nitrogens with zero attached hydrogens (tertiary/aromatic N) is 4. The van der Waals surface area contributed by atoms with E-state index in [1.165, 1.54) is 12.5 Å². The van der Waals surface area contributed by atoms with Crippen LogP contribution < -0.4 is 5.32 Å². The summed E-state index contributed by atoms with van der Waals surface area (Å²) in [4.78, 5) is 8.21. The zero-order valence-electron chi connectivity index (χ0n) is 19.0. The number of likely N-dealkylation sites (N-methyl/N-ethyl adjacent to an activating group) is 1. The van der Waals surface area contributed by atoms with E-state index >= 15 is 0 Å². The number of nitrogens with one attached hydrogen (secondary N) is 1. The molecule has 1 N–H and O–H groups in total. The van der Waals surface area contributed by atoms with Crippen molar-refractivity contribution >= 4 is 23.2 Å². The number of aryl methyl sites for hydroxylation is 1. The first-order valence-corrected chi connectivity index (χ1v) is 11.3. The molecule has 2 aromatic heterocycles. The van der Waals surface area contributed by atoms with Gasteiger partial charge in [-0.05, 0) is 56.5 Å². The van der Waals surface area contributed by atoms with Crippen LogP contribution in [0.25, 0.3) is 23.2 Å². The first-order valence-electron chi connectivity index (χ1n) is 11.3. The quantitative estimate of drug-likeness (QED) is 0.269. The van der Waals surface area contributed by atoms with Crippen LogP contribution >= 0.6 is 0 Å². The SMILES string of the molecule is CC/C=C\CCCCCc1nc2cc(/C=C/c3noc(C(F)(F)F)n3)ccc2n1CCNC. The Hall–Kier alpha value is -2.94. The van der Waals surface area contributed by atoms with E-state index < -0.39 is 12.1 Å². The Bertz CT molecular complexity index is 1080. The van der Waals surface area contributed by atoms with Gasteiger partial charge >= 0.3 is 12.1 Å². The van der Waals surface area contributed by atoms with Crippen molar-refractivity contribution < 1.29 is 17.7 Å². The van der Waals surface area contributed by atoms with Crippen LogP contribution in [-0.4, -0.2) is 33.3 Å². The van der Waals surface area contributed by atoms with Gasteiger partial charge in [-0.2, -0.15) is 18.2 Å². The van der Waals surface area contributed by atoms with Crippen molar-refractivity contribution in [3.63, 3.8) is 0 Å². The third-order valence-electron chi connectivity index (χ3n) is 5.22. The van der Waals surface area contributed by atoms with Crippen LogP contribution in [0.2, 0.25) is 0 Å². The molecule has 0 saturated heterocycles. The Morgan fingerprint density at radius 1 is 1.09 bits per heavy atom. The molecule has 0 bridgehead atoms. The highest BCUT2D eigenvalue weighted by Gasteiger charge is 2.38. The van der Waals surface area contributed by atoms with Gasteiger partial charge in [0.05, 0.1) is 11.0 Å². The molecule has 0 amide bonds. The van der Waals surface area contributed by atoms with Gasteiger partial charge in [-0.3, -0.25) is 0 Å². The number of fused-ring (bicyclic) bond motifs is 1. The second-order valence-corrected chi connectivity index (χ2v) is 7.80. The second kappa shape index (κ2) is 11.8. The Balaban J connectivity index is 1.72. The lowest BCUT2D eigenvalue weighted by Gasteiger charge is -2.09. The fourth-order valence-electron chi connectivity index (χ4n) is 3.56. The van der Waals surface area contributed by atoms with Crippen molar-refractivity contribution in [1.82, 2.24) is 25.0 Å². The highest BCUT2D eigenvalue weighted by atomic mass is 19.4. The zero-order chi connectivity index (χ0) is 23.7. The lowest BCUT2D eigenvalue weighted by atomic mass is 10.1. The Kier molecular flexibility index (Phi) is 8.82. The van der Waals surface area contributed by atoms with E-state index in [2.05, 4.69) is 43.6 Å². The number of halogens is 3. The summed E-state index contributed by atoms with van der Waals surface area (Å²) in [6.07, 6.45) is 9.36. The summed E-state index contributed by atoms with van der Waals surface area (Å²) in [5.74, 6) is -0.429. The summed E-state index contributed by atoms with van der Waals surface area (Å²) in [6.45, 7) is 3.80. The van der Waals surface area contributed by atoms with Gasteiger partial charge in [0.25, 0.3) is 0 Å². The van der Waals surface area contributed by atoms with E-state index in [9.17, 15) is 13.2 Å². The molecule has 2 heterocycles. The van der Waals surface area contributed by atoms with E-state index in [0.717, 1.165) is 67.6 Å². The van der Waals surface area contributed by atoms with Gasteiger partial charge in [0.2, 0.25) is 0 Å². The standard InChI is InChI=1S/C24H30F3N5O/c1-3-4-5-6-7-8-9-10-22-29-19-17-18(11-13-20(19)32(22)16-15-28-2)12-14-21-30-23(33-31-21)24(25,26)27/h4-5,11-14,17,28H,3,6-10,15-16H2,1-2H3/b5-4-,14-12+. The van der Waals surface area contributed by atoms with Gasteiger partial charge in [-0.25, -0.2) is 4.98 Å². The van der Waals surface area contributed by atoms with Gasteiger partial charge in [0, 0.05) is 19.5 Å². The number of aromatic nitrogens is 4. The third kappa shape index (κ3) is 7.02. The lowest BCUT2D eigenvalue weighted by molar-refractivity contribution is -0.159. The molecular formula is C24H30F3N5O. The van der Waals surface area contributed by atoms with Gasteiger partial charge in [-0.1, -0.05) is 42.8 Å². The van der Waals surface area contributed by atoms with Crippen LogP contribution in [0.1, 0.15) is 62.1 Å². The molecule has 0 radical (unpaired) electrons. The first-order chi connectivity index (χ1) is 15.9. The first kappa shape index (κ1) is 24.7. The molecule has 0 spiro atoms. The van der Waals surface area contributed by atoms with Crippen LogP contribution in [0.4, 0.5) is 13.2 Å². The fourth-order valence-corrected chi connectivity index (χ4v) is 3.56. The number of rotatable bonds is 12. The number of allylic oxidation sites excluding steroid dienone is 2. The third-order valence-corrected chi connectivity index (χ3v) is 5.22. The fraction of sp³-hybridized carbons (Fsp3) is 0.458. The van der Waals surface area contributed by atoms with E-state index in [0.29, 0.717) is 0 Å². The van der Waals surface area contributed by atoms with Crippen LogP contribution in [0.3, 0.4) is 0 Å². The summed E-state index contributed by atoms with van der Waals surface area (Å²) in [6, 6.07) is 5.82. The minimum atomic E-state index is -4.65. The van der Waals surface area contributed by atoms with E-state index in [-0.39, 0.29) is 5.82 Å². The molecule has 0 unspecified atom stereocenters. The Morgan fingerprint density at radius 2 is 1.94 bits per heavy atom. The van der Waals surface area contributed by atoms with E-state index in [4.69, 9.17) is 4.98 Å². The van der Waals surface area contributed by atoms with Crippen molar-refractivity contribution in [2.75, 3.05) is 13.6 Å². The molecule has 33 heavy (non-hydrogen) atoms. The number of benzene rings is 1. The summed E-state index contributed by atoms with van der Waals surface area (Å²) < 4.78 is 44.3. The number of alkyl halides is 3. The molecule has 0 fully saturated rings. The number of hydrogen-bond donors (Lipinski definition) is 1. The summed E-state index contributed by atoms with van der Waals surface area (Å²) in [7, 11) is 1.92. The average Bonchev–Trinajstić information content (AvgIpc) is 3.40. The van der Waals surface area contributed by atoms with E-state index in [1.54, 1.807) is 6.08 Å². The normalized spacial score (nSPS) is 12.6. The molecule has 3 rings (SSSR count). The highest BCUT2D eigenvalue weighted by Crippen LogP contribution is 2.27. The maximum atomic E-state index is 12.6. The summed E-state index contributed by atoms with van der Waals surface area (Å²) in [5.41, 5.74) is 2.70. The lowest BCUT2D eigenvalue weighted by Crippen LogP contribution is -2.16. The van der Waals surface area contributed by atoms with E-state index in [1.807, 2.05) is 25.2 Å². The minimum Gasteiger partial charge on any atom is -0.329 e. The molecule has 0 saturated carbocycles. The topological polar surface area (TPSA) is 68.8 Å². The van der Waals surface area contributed by atoms with Gasteiger partial charge in [0.15, 0.2) is 5.82 Å². The molecular weight excluding hydrogens is 431 g/mol. The second-order valence-electron chi connectivity index (χ2n) is 7.80. The maximum Gasteiger partial charge on any atom is 0.471 e. The molecule has 3 aromatic rings. The minimum absolute atomic E-state index is 0.128. The van der Waals surface area contributed by atoms with Gasteiger partial charge < -0.3 is 14.4 Å². The van der Waals surface area contributed by atoms with Gasteiger partial charge in [-0.15, -0.1) is 0 Å². The van der Waals surface area contributed by atoms with Crippen molar-refractivity contribution in [2.45, 2.75) is 58.2 Å². The van der Waals surface area contributed by atoms with Crippen molar-refractivity contribution in [3.8, 4) is 0 Å². The largest absolute Gasteiger partial charge is 0.471 e. The number of imidazole rings is 1. The van der Waals surface area contributed by atoms with Gasteiger partial charge in [0.1, 0.15) is 5.82 Å². The van der Waals surface area contributed by atoms with Crippen LogP contribution in [0.15, 0.2) is 34.9 Å². The predicted molar refractivity (Wildman–Crippen MR) is 123 cm³/mol. The maximum absolute atomic E-state index is 12.6. The molecule has 0 aliphatic rings. The molecule has 9 heteroatoms. The monoisotopic (exact) mass is 461 g/mol. The number of unbranched alkanes of at least 4 members (excludes halogenated alkanes) is 3. The molecule has 1 aromatic carbocycles. The van der Waals surface area contributed by atoms with Crippen molar-refractivity contribution in [1.29, 1.82) is 0 Å². The Labute approximate surface area is 191 Å². The zero-order valence-corrected chi connectivity index (χ0v) is 19.0. The predicted octanol–water partition coefficient (Wildman–Crippen LogP) is 5.90. The van der Waals surface area contributed by atoms with Crippen LogP contribution in [-0.2, 0) is 19.1 Å². The van der Waals surface area contributed by atoms with Crippen LogP contribution in [0, 0.1) is 0 Å². The van der Waals surface area contributed by atoms with Crippen LogP contribution in [0.5, 0.6) is 0 Å². The van der Waals surface area contributed by atoms with Crippen molar-refractivity contribution in [3.05, 3.63) is 53.5 Å². The molecule has 178 valence electrons. The summed E-state index contributed by atoms with van der Waals surface area (Å²) >= 11 is 0. The molecule has 0 aliphatic heterocycles. The molecule has 0 atom stereocenters. The molecule has 0 aliphatic carbocycles. The summed E-state index contributed by atoms with van der Waals surface area (Å²) in [5, 5.41) is 6.54. The molecule has 6 nitrogen and oxygen atoms in total. The highest BCUT2D eigenvalue weighted by molar-refractivity contribution is 5.81.